The molecule has 158 valence electrons. The Morgan fingerprint density at radius 2 is 1.65 bits per heavy atom. The molecular weight excluding hydrogens is 392 g/mol. The molecule has 0 radical (unpaired) electrons. The van der Waals surface area contributed by atoms with E-state index < -0.39 is 5.97 Å². The van der Waals surface area contributed by atoms with Gasteiger partial charge in [0.2, 0.25) is 5.91 Å². The SMILES string of the molecule is COC(=O)c1ccccc1NC(=O)C1CCCN(C(=O)c2cccc3ccccc23)C1. The van der Waals surface area contributed by atoms with E-state index in [1.807, 2.05) is 42.5 Å². The van der Waals surface area contributed by atoms with E-state index >= 15 is 0 Å². The van der Waals surface area contributed by atoms with Crippen molar-refractivity contribution in [2.24, 2.45) is 5.92 Å². The van der Waals surface area contributed by atoms with Crippen LogP contribution in [0.1, 0.15) is 33.6 Å². The van der Waals surface area contributed by atoms with Crippen molar-refractivity contribution in [3.63, 3.8) is 0 Å². The molecule has 3 aromatic rings. The van der Waals surface area contributed by atoms with Crippen molar-refractivity contribution in [3.8, 4) is 0 Å². The zero-order chi connectivity index (χ0) is 21.8. The molecule has 1 N–H and O–H groups in total. The van der Waals surface area contributed by atoms with Crippen LogP contribution in [0, 0.1) is 5.92 Å². The van der Waals surface area contributed by atoms with Gasteiger partial charge in [-0.1, -0.05) is 48.5 Å². The van der Waals surface area contributed by atoms with Crippen LogP contribution in [0.3, 0.4) is 0 Å². The lowest BCUT2D eigenvalue weighted by molar-refractivity contribution is -0.121. The number of para-hydroxylation sites is 1. The van der Waals surface area contributed by atoms with E-state index in [0.29, 0.717) is 36.3 Å². The predicted molar refractivity (Wildman–Crippen MR) is 119 cm³/mol. The third-order valence-electron chi connectivity index (χ3n) is 5.69. The van der Waals surface area contributed by atoms with Gasteiger partial charge in [0.25, 0.3) is 5.91 Å². The van der Waals surface area contributed by atoms with Gasteiger partial charge in [0.05, 0.1) is 24.3 Å². The third-order valence-corrected chi connectivity index (χ3v) is 5.69. The number of rotatable bonds is 4. The maximum atomic E-state index is 13.3. The van der Waals surface area contributed by atoms with Crippen molar-refractivity contribution in [1.82, 2.24) is 4.90 Å². The largest absolute Gasteiger partial charge is 0.465 e. The number of amides is 2. The first-order valence-corrected chi connectivity index (χ1v) is 10.3. The highest BCUT2D eigenvalue weighted by Gasteiger charge is 2.30. The highest BCUT2D eigenvalue weighted by Crippen LogP contribution is 2.25. The molecular formula is C25H24N2O4. The standard InChI is InChI=1S/C25H24N2O4/c1-31-25(30)21-12-4-5-14-22(21)26-23(28)18-10-7-15-27(16-18)24(29)20-13-6-9-17-8-2-3-11-19(17)20/h2-6,8-9,11-14,18H,7,10,15-16H2,1H3,(H,26,28). The number of fused-ring (bicyclic) bond motifs is 1. The maximum Gasteiger partial charge on any atom is 0.339 e. The number of anilines is 1. The molecule has 1 aliphatic heterocycles. The van der Waals surface area contributed by atoms with Gasteiger partial charge < -0.3 is 15.0 Å². The van der Waals surface area contributed by atoms with Crippen LogP contribution in [0.15, 0.2) is 66.7 Å². The predicted octanol–water partition coefficient (Wildman–Crippen LogP) is 4.12. The molecule has 6 heteroatoms. The normalized spacial score (nSPS) is 16.0. The van der Waals surface area contributed by atoms with Crippen LogP contribution in [-0.2, 0) is 9.53 Å². The smallest absolute Gasteiger partial charge is 0.339 e. The second kappa shape index (κ2) is 9.00. The molecule has 1 saturated heterocycles. The van der Waals surface area contributed by atoms with Gasteiger partial charge in [-0.2, -0.15) is 0 Å². The van der Waals surface area contributed by atoms with Gasteiger partial charge in [-0.15, -0.1) is 0 Å². The molecule has 1 atom stereocenters. The molecule has 3 aromatic carbocycles. The zero-order valence-corrected chi connectivity index (χ0v) is 17.3. The van der Waals surface area contributed by atoms with E-state index in [4.69, 9.17) is 4.74 Å². The number of ether oxygens (including phenoxy) is 1. The summed E-state index contributed by atoms with van der Waals surface area (Å²) in [5.41, 5.74) is 1.37. The summed E-state index contributed by atoms with van der Waals surface area (Å²) in [6.07, 6.45) is 1.43. The number of carbonyl (C=O) groups is 3. The molecule has 1 fully saturated rings. The van der Waals surface area contributed by atoms with Crippen molar-refractivity contribution in [2.75, 3.05) is 25.5 Å². The molecule has 31 heavy (non-hydrogen) atoms. The molecule has 0 saturated carbocycles. The van der Waals surface area contributed by atoms with Crippen molar-refractivity contribution in [1.29, 1.82) is 0 Å². The van der Waals surface area contributed by atoms with Crippen molar-refractivity contribution in [3.05, 3.63) is 77.9 Å². The summed E-state index contributed by atoms with van der Waals surface area (Å²) >= 11 is 0. The van der Waals surface area contributed by atoms with Crippen LogP contribution >= 0.6 is 0 Å². The highest BCUT2D eigenvalue weighted by atomic mass is 16.5. The van der Waals surface area contributed by atoms with Gasteiger partial charge in [0, 0.05) is 18.7 Å². The molecule has 4 rings (SSSR count). The minimum Gasteiger partial charge on any atom is -0.465 e. The number of hydrogen-bond donors (Lipinski definition) is 1. The van der Waals surface area contributed by atoms with E-state index in [1.54, 1.807) is 29.2 Å². The number of likely N-dealkylation sites (tertiary alicyclic amines) is 1. The number of esters is 1. The summed E-state index contributed by atoms with van der Waals surface area (Å²) in [4.78, 5) is 39.9. The summed E-state index contributed by atoms with van der Waals surface area (Å²) in [5.74, 6) is -1.12. The Balaban J connectivity index is 1.50. The molecule has 6 nitrogen and oxygen atoms in total. The van der Waals surface area contributed by atoms with E-state index in [2.05, 4.69) is 5.32 Å². The monoisotopic (exact) mass is 416 g/mol. The Hall–Kier alpha value is -3.67. The van der Waals surface area contributed by atoms with Crippen molar-refractivity contribution >= 4 is 34.2 Å². The number of methoxy groups -OCH3 is 1. The summed E-state index contributed by atoms with van der Waals surface area (Å²) in [7, 11) is 1.30. The second-order valence-electron chi connectivity index (χ2n) is 7.64. The molecule has 0 spiro atoms. The van der Waals surface area contributed by atoms with Gasteiger partial charge >= 0.3 is 5.97 Å². The molecule has 1 aliphatic rings. The molecule has 1 heterocycles. The molecule has 2 amide bonds. The van der Waals surface area contributed by atoms with Crippen LogP contribution in [0.25, 0.3) is 10.8 Å². The minimum absolute atomic E-state index is 0.0655. The van der Waals surface area contributed by atoms with Gasteiger partial charge in [-0.25, -0.2) is 4.79 Å². The number of hydrogen-bond acceptors (Lipinski definition) is 4. The summed E-state index contributed by atoms with van der Waals surface area (Å²) in [5, 5.41) is 4.77. The first kappa shape index (κ1) is 20.6. The van der Waals surface area contributed by atoms with Crippen molar-refractivity contribution in [2.45, 2.75) is 12.8 Å². The van der Waals surface area contributed by atoms with Gasteiger partial charge in [-0.3, -0.25) is 9.59 Å². The van der Waals surface area contributed by atoms with Crippen LogP contribution < -0.4 is 5.32 Å². The molecule has 0 bridgehead atoms. The average molecular weight is 416 g/mol. The van der Waals surface area contributed by atoms with Crippen LogP contribution in [0.4, 0.5) is 5.69 Å². The first-order valence-electron chi connectivity index (χ1n) is 10.3. The lowest BCUT2D eigenvalue weighted by Gasteiger charge is -2.32. The zero-order valence-electron chi connectivity index (χ0n) is 17.3. The summed E-state index contributed by atoms with van der Waals surface area (Å²) < 4.78 is 4.79. The Bertz CT molecular complexity index is 1140. The van der Waals surface area contributed by atoms with E-state index in [1.165, 1.54) is 7.11 Å². The van der Waals surface area contributed by atoms with E-state index in [9.17, 15) is 14.4 Å². The number of nitrogens with one attached hydrogen (secondary N) is 1. The Labute approximate surface area is 180 Å². The third kappa shape index (κ3) is 4.28. The number of piperidine rings is 1. The molecule has 1 unspecified atom stereocenters. The van der Waals surface area contributed by atoms with Crippen LogP contribution in [-0.4, -0.2) is 42.9 Å². The fourth-order valence-corrected chi connectivity index (χ4v) is 4.07. The highest BCUT2D eigenvalue weighted by molar-refractivity contribution is 6.07. The number of nitrogens with zero attached hydrogens (tertiary/aromatic N) is 1. The Kier molecular flexibility index (Phi) is 5.98. The minimum atomic E-state index is -0.507. The first-order chi connectivity index (χ1) is 15.1. The summed E-state index contributed by atoms with van der Waals surface area (Å²) in [6, 6.07) is 20.2. The maximum absolute atomic E-state index is 13.3. The van der Waals surface area contributed by atoms with Gasteiger partial charge in [0.15, 0.2) is 0 Å². The summed E-state index contributed by atoms with van der Waals surface area (Å²) in [6.45, 7) is 0.957. The lowest BCUT2D eigenvalue weighted by atomic mass is 9.95. The molecule has 0 aliphatic carbocycles. The van der Waals surface area contributed by atoms with Crippen LogP contribution in [0.5, 0.6) is 0 Å². The fourth-order valence-electron chi connectivity index (χ4n) is 4.07. The number of carbonyl (C=O) groups excluding carboxylic acids is 3. The Morgan fingerprint density at radius 3 is 2.48 bits per heavy atom. The average Bonchev–Trinajstić information content (AvgIpc) is 2.83. The number of benzene rings is 3. The topological polar surface area (TPSA) is 75.7 Å². The van der Waals surface area contributed by atoms with E-state index in [-0.39, 0.29) is 17.7 Å². The van der Waals surface area contributed by atoms with Crippen molar-refractivity contribution < 1.29 is 19.1 Å². The lowest BCUT2D eigenvalue weighted by Crippen LogP contribution is -2.43. The molecule has 0 aromatic heterocycles. The Morgan fingerprint density at radius 1 is 0.935 bits per heavy atom. The van der Waals surface area contributed by atoms with Gasteiger partial charge in [-0.05, 0) is 41.8 Å². The van der Waals surface area contributed by atoms with Gasteiger partial charge in [0.1, 0.15) is 0 Å². The second-order valence-corrected chi connectivity index (χ2v) is 7.64. The van der Waals surface area contributed by atoms with E-state index in [0.717, 1.165) is 17.2 Å². The van der Waals surface area contributed by atoms with Crippen LogP contribution in [0.2, 0.25) is 0 Å². The fraction of sp³-hybridized carbons (Fsp3) is 0.240. The quantitative estimate of drug-likeness (QED) is 0.649.